The van der Waals surface area contributed by atoms with Crippen LogP contribution in [0.5, 0.6) is 0 Å². The number of rotatable bonds is 5. The quantitative estimate of drug-likeness (QED) is 0.355. The van der Waals surface area contributed by atoms with Crippen molar-refractivity contribution < 1.29 is 42.5 Å². The van der Waals surface area contributed by atoms with E-state index in [0.717, 1.165) is 0 Å². The summed E-state index contributed by atoms with van der Waals surface area (Å²) in [5.74, 6) is -0.181. The molecule has 106 valence electrons. The van der Waals surface area contributed by atoms with E-state index in [0.29, 0.717) is 0 Å². The Kier molecular flexibility index (Phi) is 5.17. The Bertz CT molecular complexity index is 383. The van der Waals surface area contributed by atoms with E-state index in [-0.39, 0.29) is 11.9 Å². The Balaban J connectivity index is 2.51. The molecule has 0 radical (unpaired) electrons. The van der Waals surface area contributed by atoms with Gasteiger partial charge >= 0.3 is 15.6 Å². The number of ether oxygens (including phenoxy) is 1. The van der Waals surface area contributed by atoms with Gasteiger partial charge in [0.15, 0.2) is 0 Å². The molecule has 0 aromatic heterocycles. The number of aliphatic hydroxyl groups is 1. The van der Waals surface area contributed by atoms with Crippen molar-refractivity contribution in [2.24, 2.45) is 5.92 Å². The molecule has 0 saturated carbocycles. The highest BCUT2D eigenvalue weighted by molar-refractivity contribution is 7.60. The van der Waals surface area contributed by atoms with Crippen molar-refractivity contribution >= 4 is 23.5 Å². The molecule has 5 atom stereocenters. The lowest BCUT2D eigenvalue weighted by atomic mass is 9.86. The molecule has 4 N–H and O–H groups in total. The van der Waals surface area contributed by atoms with Crippen LogP contribution in [0, 0.1) is 5.92 Å². The van der Waals surface area contributed by atoms with Gasteiger partial charge in [0.2, 0.25) is 0 Å². The summed E-state index contributed by atoms with van der Waals surface area (Å²) in [6, 6.07) is -0.255. The maximum atomic E-state index is 11.1. The average molecular weight is 304 g/mol. The van der Waals surface area contributed by atoms with E-state index in [1.54, 1.807) is 14.8 Å². The fraction of sp³-hybridized carbons (Fsp3) is 1.00. The standard InChI is InChI=1S/C6H15BO9P2/c1-3-5(8)4(15-6(3)7)2-14-18(12,13)16-17(9,10)11/h3-6,8H,2,7H2,1H3,(H,12,13)(H2,9,10,11)/t3-,4-,5+,6-/m1/s1. The summed E-state index contributed by atoms with van der Waals surface area (Å²) in [5, 5.41) is 9.69. The maximum Gasteiger partial charge on any atom is 0.481 e. The van der Waals surface area contributed by atoms with Crippen molar-refractivity contribution in [3.63, 3.8) is 0 Å². The first kappa shape index (κ1) is 16.3. The minimum absolute atomic E-state index is 0.181. The molecule has 0 amide bonds. The normalized spacial score (nSPS) is 36.5. The first-order valence-corrected chi connectivity index (χ1v) is 8.12. The Hall–Kier alpha value is 0.245. The minimum Gasteiger partial charge on any atom is -0.390 e. The Morgan fingerprint density at radius 2 is 1.89 bits per heavy atom. The van der Waals surface area contributed by atoms with E-state index in [1.165, 1.54) is 0 Å². The van der Waals surface area contributed by atoms with Gasteiger partial charge in [-0.2, -0.15) is 4.31 Å². The topological polar surface area (TPSA) is 143 Å². The van der Waals surface area contributed by atoms with Gasteiger partial charge in [-0.3, -0.25) is 4.52 Å². The number of phosphoric ester groups is 1. The molecule has 1 aliphatic heterocycles. The highest BCUT2D eigenvalue weighted by Gasteiger charge is 2.40. The zero-order valence-electron chi connectivity index (χ0n) is 9.74. The Labute approximate surface area is 104 Å². The number of aliphatic hydroxyl groups excluding tert-OH is 1. The molecule has 1 heterocycles. The van der Waals surface area contributed by atoms with Crippen LogP contribution in [0.15, 0.2) is 0 Å². The van der Waals surface area contributed by atoms with E-state index >= 15 is 0 Å². The molecule has 0 bridgehead atoms. The second kappa shape index (κ2) is 5.70. The van der Waals surface area contributed by atoms with E-state index in [1.807, 2.05) is 0 Å². The summed E-state index contributed by atoms with van der Waals surface area (Å²) in [6.07, 6.45) is -1.74. The highest BCUT2D eigenvalue weighted by Crippen LogP contribution is 2.57. The average Bonchev–Trinajstić information content (AvgIpc) is 2.39. The summed E-state index contributed by atoms with van der Waals surface area (Å²) < 4.78 is 34.7. The fourth-order valence-corrected chi connectivity index (χ4v) is 3.16. The number of hydrogen-bond acceptors (Lipinski definition) is 6. The fourth-order valence-electron chi connectivity index (χ4n) is 1.56. The van der Waals surface area contributed by atoms with Crippen LogP contribution in [-0.2, 0) is 22.7 Å². The smallest absolute Gasteiger partial charge is 0.390 e. The van der Waals surface area contributed by atoms with Crippen LogP contribution in [0.3, 0.4) is 0 Å². The second-order valence-electron chi connectivity index (χ2n) is 4.07. The van der Waals surface area contributed by atoms with Crippen molar-refractivity contribution in [3.05, 3.63) is 0 Å². The highest BCUT2D eigenvalue weighted by atomic mass is 31.3. The zero-order chi connectivity index (χ0) is 14.1. The van der Waals surface area contributed by atoms with E-state index < -0.39 is 34.5 Å². The van der Waals surface area contributed by atoms with Gasteiger partial charge in [0.1, 0.15) is 14.0 Å². The Morgan fingerprint density at radius 3 is 2.28 bits per heavy atom. The second-order valence-corrected chi connectivity index (χ2v) is 6.90. The van der Waals surface area contributed by atoms with Gasteiger partial charge in [0.05, 0.1) is 12.7 Å². The molecule has 0 aliphatic carbocycles. The third-order valence-corrected chi connectivity index (χ3v) is 4.81. The van der Waals surface area contributed by atoms with Crippen LogP contribution in [0.2, 0.25) is 0 Å². The van der Waals surface area contributed by atoms with Gasteiger partial charge in [-0.1, -0.05) is 6.92 Å². The first-order valence-electron chi connectivity index (χ1n) is 5.09. The van der Waals surface area contributed by atoms with Gasteiger partial charge in [0, 0.05) is 11.9 Å². The molecule has 0 aromatic carbocycles. The van der Waals surface area contributed by atoms with Gasteiger partial charge in [-0.25, -0.2) is 9.13 Å². The molecule has 0 spiro atoms. The summed E-state index contributed by atoms with van der Waals surface area (Å²) in [4.78, 5) is 25.8. The van der Waals surface area contributed by atoms with Crippen molar-refractivity contribution in [1.29, 1.82) is 0 Å². The third-order valence-electron chi connectivity index (χ3n) is 2.66. The van der Waals surface area contributed by atoms with Crippen molar-refractivity contribution in [2.45, 2.75) is 25.1 Å². The van der Waals surface area contributed by atoms with Crippen LogP contribution < -0.4 is 0 Å². The van der Waals surface area contributed by atoms with E-state index in [4.69, 9.17) is 19.4 Å². The molecule has 1 rings (SSSR count). The monoisotopic (exact) mass is 304 g/mol. The molecule has 18 heavy (non-hydrogen) atoms. The molecular formula is C6H15BO9P2. The van der Waals surface area contributed by atoms with Crippen LogP contribution in [0.25, 0.3) is 0 Å². The molecule has 1 fully saturated rings. The predicted molar refractivity (Wildman–Crippen MR) is 61.3 cm³/mol. The lowest BCUT2D eigenvalue weighted by Gasteiger charge is -2.17. The summed E-state index contributed by atoms with van der Waals surface area (Å²) in [7, 11) is -8.30. The third kappa shape index (κ3) is 4.73. The van der Waals surface area contributed by atoms with Crippen molar-refractivity contribution in [2.75, 3.05) is 6.61 Å². The molecule has 1 saturated heterocycles. The van der Waals surface area contributed by atoms with Crippen LogP contribution in [0.4, 0.5) is 0 Å². The molecule has 9 nitrogen and oxygen atoms in total. The van der Waals surface area contributed by atoms with Gasteiger partial charge in [0.25, 0.3) is 0 Å². The van der Waals surface area contributed by atoms with Gasteiger partial charge < -0.3 is 24.5 Å². The maximum absolute atomic E-state index is 11.1. The number of phosphoric acid groups is 2. The SMILES string of the molecule is B[C@@H]1O[C@H](COP(=O)(O)OP(=O)(O)O)[C@@H](O)[C@H]1C. The predicted octanol–water partition coefficient (Wildman–Crippen LogP) is -1.43. The summed E-state index contributed by atoms with van der Waals surface area (Å²) in [6.45, 7) is 1.23. The van der Waals surface area contributed by atoms with Crippen LogP contribution in [0.1, 0.15) is 6.92 Å². The van der Waals surface area contributed by atoms with Gasteiger partial charge in [-0.05, 0) is 0 Å². The number of hydrogen-bond donors (Lipinski definition) is 4. The molecular weight excluding hydrogens is 289 g/mol. The largest absolute Gasteiger partial charge is 0.481 e. The zero-order valence-corrected chi connectivity index (χ0v) is 11.5. The Morgan fingerprint density at radius 1 is 1.33 bits per heavy atom. The first-order chi connectivity index (χ1) is 8.02. The van der Waals surface area contributed by atoms with E-state index in [9.17, 15) is 14.2 Å². The molecule has 1 unspecified atom stereocenters. The summed E-state index contributed by atoms with van der Waals surface area (Å²) in [5.41, 5.74) is 0. The minimum atomic E-state index is -5.13. The lowest BCUT2D eigenvalue weighted by Crippen LogP contribution is -2.29. The van der Waals surface area contributed by atoms with Gasteiger partial charge in [-0.15, -0.1) is 0 Å². The van der Waals surface area contributed by atoms with E-state index in [2.05, 4.69) is 8.83 Å². The molecule has 12 heteroatoms. The molecule has 1 aliphatic rings. The lowest BCUT2D eigenvalue weighted by molar-refractivity contribution is -0.00498. The summed E-state index contributed by atoms with van der Waals surface area (Å²) >= 11 is 0. The van der Waals surface area contributed by atoms with Crippen molar-refractivity contribution in [1.82, 2.24) is 0 Å². The van der Waals surface area contributed by atoms with Crippen LogP contribution >= 0.6 is 15.6 Å². The van der Waals surface area contributed by atoms with Crippen molar-refractivity contribution in [3.8, 4) is 0 Å². The molecule has 0 aromatic rings. The van der Waals surface area contributed by atoms with Crippen LogP contribution in [-0.4, -0.2) is 52.5 Å².